The molecular weight excluding hydrogens is 232 g/mol. The van der Waals surface area contributed by atoms with Gasteiger partial charge in [-0.15, -0.1) is 0 Å². The van der Waals surface area contributed by atoms with Gasteiger partial charge in [0, 0.05) is 6.08 Å². The number of hydrogen-bond donors (Lipinski definition) is 0. The van der Waals surface area contributed by atoms with Gasteiger partial charge in [0.15, 0.2) is 0 Å². The lowest BCUT2D eigenvalue weighted by molar-refractivity contribution is -0.134. The van der Waals surface area contributed by atoms with E-state index in [1.54, 1.807) is 13.0 Å². The second kappa shape index (κ2) is 6.59. The third-order valence-electron chi connectivity index (χ3n) is 2.39. The molecule has 0 atom stereocenters. The van der Waals surface area contributed by atoms with Crippen LogP contribution in [-0.2, 0) is 14.3 Å². The van der Waals surface area contributed by atoms with Crippen LogP contribution in [0.2, 0.25) is 0 Å². The summed E-state index contributed by atoms with van der Waals surface area (Å²) in [6.45, 7) is 5.81. The van der Waals surface area contributed by atoms with Gasteiger partial charge in [-0.2, -0.15) is 0 Å². The van der Waals surface area contributed by atoms with Gasteiger partial charge in [0.2, 0.25) is 0 Å². The van der Waals surface area contributed by atoms with E-state index < -0.39 is 12.1 Å². The molecule has 1 rings (SSSR count). The van der Waals surface area contributed by atoms with Crippen LogP contribution in [0.5, 0.6) is 0 Å². The molecule has 0 amide bonds. The van der Waals surface area contributed by atoms with E-state index in [-0.39, 0.29) is 6.61 Å². The Labute approximate surface area is 106 Å². The van der Waals surface area contributed by atoms with Crippen molar-refractivity contribution in [2.75, 3.05) is 6.61 Å². The molecule has 0 fully saturated rings. The second-order valence-corrected chi connectivity index (χ2v) is 3.78. The molecule has 0 radical (unpaired) electrons. The van der Waals surface area contributed by atoms with Gasteiger partial charge in [0.1, 0.15) is 0 Å². The van der Waals surface area contributed by atoms with Gasteiger partial charge in [-0.05, 0) is 43.5 Å². The Bertz CT molecular complexity index is 475. The topological polar surface area (TPSA) is 52.6 Å². The fourth-order valence-corrected chi connectivity index (χ4v) is 1.30. The fourth-order valence-electron chi connectivity index (χ4n) is 1.30. The predicted molar refractivity (Wildman–Crippen MR) is 68.1 cm³/mol. The van der Waals surface area contributed by atoms with E-state index in [0.717, 1.165) is 11.1 Å². The monoisotopic (exact) mass is 248 g/mol. The molecule has 0 saturated heterocycles. The van der Waals surface area contributed by atoms with Crippen LogP contribution in [0.4, 0.5) is 4.79 Å². The van der Waals surface area contributed by atoms with Crippen molar-refractivity contribution in [3.63, 3.8) is 0 Å². The summed E-state index contributed by atoms with van der Waals surface area (Å²) in [6.07, 6.45) is 1.81. The van der Waals surface area contributed by atoms with Crippen LogP contribution in [0.1, 0.15) is 23.6 Å². The fraction of sp³-hybridized carbons (Fsp3) is 0.286. The number of benzene rings is 1. The van der Waals surface area contributed by atoms with Crippen molar-refractivity contribution in [2.24, 2.45) is 0 Å². The van der Waals surface area contributed by atoms with E-state index in [9.17, 15) is 9.59 Å². The van der Waals surface area contributed by atoms with Crippen LogP contribution < -0.4 is 0 Å². The number of rotatable bonds is 3. The largest absolute Gasteiger partial charge is 0.516 e. The Morgan fingerprint density at radius 1 is 1.22 bits per heavy atom. The minimum Gasteiger partial charge on any atom is -0.434 e. The highest BCUT2D eigenvalue weighted by molar-refractivity contribution is 5.93. The van der Waals surface area contributed by atoms with E-state index >= 15 is 0 Å². The quantitative estimate of drug-likeness (QED) is 0.468. The summed E-state index contributed by atoms with van der Waals surface area (Å²) in [5.41, 5.74) is 3.19. The average molecular weight is 248 g/mol. The summed E-state index contributed by atoms with van der Waals surface area (Å²) in [4.78, 5) is 22.1. The summed E-state index contributed by atoms with van der Waals surface area (Å²) < 4.78 is 8.86. The number of ether oxygens (including phenoxy) is 2. The normalized spacial score (nSPS) is 10.4. The van der Waals surface area contributed by atoms with Crippen LogP contribution in [0, 0.1) is 13.8 Å². The molecule has 0 aliphatic carbocycles. The molecule has 0 N–H and O–H groups in total. The first-order valence-electron chi connectivity index (χ1n) is 5.67. The Hall–Kier alpha value is -2.10. The lowest BCUT2D eigenvalue weighted by Gasteiger charge is -2.01. The molecule has 4 nitrogen and oxygen atoms in total. The van der Waals surface area contributed by atoms with Gasteiger partial charge in [0.25, 0.3) is 0 Å². The Kier molecular flexibility index (Phi) is 5.11. The summed E-state index contributed by atoms with van der Waals surface area (Å²) >= 11 is 0. The highest BCUT2D eigenvalue weighted by Crippen LogP contribution is 2.11. The Morgan fingerprint density at radius 3 is 2.56 bits per heavy atom. The number of esters is 1. The van der Waals surface area contributed by atoms with Gasteiger partial charge in [-0.25, -0.2) is 9.59 Å². The van der Waals surface area contributed by atoms with Gasteiger partial charge in [-0.3, -0.25) is 0 Å². The number of hydrogen-bond acceptors (Lipinski definition) is 4. The maximum atomic E-state index is 11.2. The standard InChI is InChI=1S/C14H16O4/c1-4-17-14(16)18-13(15)8-7-12-6-5-10(2)11(3)9-12/h5-9H,4H2,1-3H3/b8-7+. The molecule has 0 heterocycles. The van der Waals surface area contributed by atoms with Gasteiger partial charge >= 0.3 is 12.1 Å². The molecule has 1 aromatic carbocycles. The zero-order valence-electron chi connectivity index (χ0n) is 10.7. The van der Waals surface area contributed by atoms with E-state index in [0.29, 0.717) is 0 Å². The highest BCUT2D eigenvalue weighted by atomic mass is 16.7. The maximum Gasteiger partial charge on any atom is 0.516 e. The molecule has 18 heavy (non-hydrogen) atoms. The summed E-state index contributed by atoms with van der Waals surface area (Å²) in [5.74, 6) is -0.744. The number of carbonyl (C=O) groups is 2. The van der Waals surface area contributed by atoms with Crippen molar-refractivity contribution in [3.05, 3.63) is 41.0 Å². The van der Waals surface area contributed by atoms with Gasteiger partial charge in [0.05, 0.1) is 6.61 Å². The first kappa shape index (κ1) is 14.0. The third kappa shape index (κ3) is 4.41. The van der Waals surface area contributed by atoms with Gasteiger partial charge < -0.3 is 9.47 Å². The molecule has 4 heteroatoms. The maximum absolute atomic E-state index is 11.2. The third-order valence-corrected chi connectivity index (χ3v) is 2.39. The van der Waals surface area contributed by atoms with Crippen LogP contribution in [0.15, 0.2) is 24.3 Å². The molecule has 96 valence electrons. The summed E-state index contributed by atoms with van der Waals surface area (Å²) in [7, 11) is 0. The lowest BCUT2D eigenvalue weighted by atomic mass is 10.1. The molecular formula is C14H16O4. The first-order valence-corrected chi connectivity index (χ1v) is 5.67. The van der Waals surface area contributed by atoms with E-state index in [2.05, 4.69) is 9.47 Å². The summed E-state index contributed by atoms with van der Waals surface area (Å²) in [5, 5.41) is 0. The van der Waals surface area contributed by atoms with Crippen molar-refractivity contribution in [3.8, 4) is 0 Å². The number of aryl methyl sites for hydroxylation is 2. The van der Waals surface area contributed by atoms with E-state index in [4.69, 9.17) is 0 Å². The molecule has 1 aromatic rings. The van der Waals surface area contributed by atoms with Crippen molar-refractivity contribution >= 4 is 18.2 Å². The van der Waals surface area contributed by atoms with Crippen molar-refractivity contribution in [1.29, 1.82) is 0 Å². The lowest BCUT2D eigenvalue weighted by Crippen LogP contribution is -2.11. The highest BCUT2D eigenvalue weighted by Gasteiger charge is 2.07. The zero-order chi connectivity index (χ0) is 13.5. The zero-order valence-corrected chi connectivity index (χ0v) is 10.7. The predicted octanol–water partition coefficient (Wildman–Crippen LogP) is 3.02. The van der Waals surface area contributed by atoms with Crippen molar-refractivity contribution in [1.82, 2.24) is 0 Å². The molecule has 0 bridgehead atoms. The summed E-state index contributed by atoms with van der Waals surface area (Å²) in [6, 6.07) is 5.80. The molecule has 0 spiro atoms. The smallest absolute Gasteiger partial charge is 0.434 e. The Balaban J connectivity index is 2.60. The molecule has 0 unspecified atom stereocenters. The molecule has 0 aliphatic heterocycles. The molecule has 0 aromatic heterocycles. The number of carbonyl (C=O) groups excluding carboxylic acids is 2. The Morgan fingerprint density at radius 2 is 1.94 bits per heavy atom. The average Bonchev–Trinajstić information content (AvgIpc) is 2.31. The van der Waals surface area contributed by atoms with Crippen molar-refractivity contribution < 1.29 is 19.1 Å². The van der Waals surface area contributed by atoms with Crippen LogP contribution in [0.3, 0.4) is 0 Å². The molecule has 0 aliphatic rings. The first-order chi connectivity index (χ1) is 8.52. The minimum absolute atomic E-state index is 0.174. The van der Waals surface area contributed by atoms with Crippen LogP contribution in [-0.4, -0.2) is 18.7 Å². The van der Waals surface area contributed by atoms with Gasteiger partial charge in [-0.1, -0.05) is 18.2 Å². The van der Waals surface area contributed by atoms with Crippen molar-refractivity contribution in [2.45, 2.75) is 20.8 Å². The van der Waals surface area contributed by atoms with Crippen LogP contribution >= 0.6 is 0 Å². The SMILES string of the molecule is CCOC(=O)OC(=O)/C=C/c1ccc(C)c(C)c1. The molecule has 0 saturated carbocycles. The van der Waals surface area contributed by atoms with E-state index in [1.807, 2.05) is 32.0 Å². The minimum atomic E-state index is -0.979. The van der Waals surface area contributed by atoms with E-state index in [1.165, 1.54) is 11.6 Å². The second-order valence-electron chi connectivity index (χ2n) is 3.78. The van der Waals surface area contributed by atoms with Crippen LogP contribution in [0.25, 0.3) is 6.08 Å².